The second-order valence-electron chi connectivity index (χ2n) is 5.30. The van der Waals surface area contributed by atoms with Crippen molar-refractivity contribution >= 4 is 11.6 Å². The lowest BCUT2D eigenvalue weighted by Crippen LogP contribution is -2.17. The molecule has 0 atom stereocenters. The van der Waals surface area contributed by atoms with E-state index in [1.54, 1.807) is 12.4 Å². The molecular formula is C14H16ClN3. The lowest BCUT2D eigenvalue weighted by molar-refractivity contribution is 0.545. The van der Waals surface area contributed by atoms with Crippen LogP contribution in [-0.2, 0) is 5.41 Å². The van der Waals surface area contributed by atoms with E-state index < -0.39 is 0 Å². The van der Waals surface area contributed by atoms with Crippen molar-refractivity contribution in [2.45, 2.75) is 33.1 Å². The van der Waals surface area contributed by atoms with Crippen molar-refractivity contribution in [3.8, 4) is 11.3 Å². The fourth-order valence-corrected chi connectivity index (χ4v) is 1.78. The SMILES string of the molecule is Cc1c(Cl)nc(C(C)(C)C)nc1-c1cccnc1. The Balaban J connectivity index is 2.64. The third-order valence-corrected chi connectivity index (χ3v) is 3.06. The van der Waals surface area contributed by atoms with Crippen LogP contribution >= 0.6 is 11.6 Å². The van der Waals surface area contributed by atoms with Gasteiger partial charge in [0.15, 0.2) is 0 Å². The average Bonchev–Trinajstić information content (AvgIpc) is 2.32. The first-order valence-corrected chi connectivity index (χ1v) is 6.22. The van der Waals surface area contributed by atoms with Crippen molar-refractivity contribution in [3.63, 3.8) is 0 Å². The molecule has 4 heteroatoms. The van der Waals surface area contributed by atoms with Gasteiger partial charge in [0.1, 0.15) is 11.0 Å². The van der Waals surface area contributed by atoms with Gasteiger partial charge in [-0.1, -0.05) is 32.4 Å². The number of hydrogen-bond donors (Lipinski definition) is 0. The van der Waals surface area contributed by atoms with Crippen LogP contribution in [0, 0.1) is 6.92 Å². The molecule has 2 aromatic heterocycles. The molecule has 0 N–H and O–H groups in total. The third kappa shape index (κ3) is 2.51. The molecule has 0 unspecified atom stereocenters. The van der Waals surface area contributed by atoms with Gasteiger partial charge in [-0.25, -0.2) is 9.97 Å². The van der Waals surface area contributed by atoms with Crippen LogP contribution < -0.4 is 0 Å². The van der Waals surface area contributed by atoms with Crippen LogP contribution in [0.15, 0.2) is 24.5 Å². The van der Waals surface area contributed by atoms with Crippen LogP contribution in [0.4, 0.5) is 0 Å². The molecule has 0 fully saturated rings. The van der Waals surface area contributed by atoms with Crippen LogP contribution in [0.3, 0.4) is 0 Å². The van der Waals surface area contributed by atoms with E-state index in [-0.39, 0.29) is 5.41 Å². The Bertz CT molecular complexity index is 559. The average molecular weight is 262 g/mol. The molecule has 0 aliphatic carbocycles. The Kier molecular flexibility index (Phi) is 3.35. The maximum Gasteiger partial charge on any atom is 0.136 e. The van der Waals surface area contributed by atoms with Crippen molar-refractivity contribution in [2.75, 3.05) is 0 Å². The molecule has 0 aliphatic rings. The number of aromatic nitrogens is 3. The minimum absolute atomic E-state index is 0.131. The Morgan fingerprint density at radius 3 is 2.44 bits per heavy atom. The second kappa shape index (κ2) is 4.65. The zero-order valence-electron chi connectivity index (χ0n) is 11.0. The molecule has 0 bridgehead atoms. The highest BCUT2D eigenvalue weighted by Gasteiger charge is 2.21. The van der Waals surface area contributed by atoms with Crippen LogP contribution in [0.5, 0.6) is 0 Å². The van der Waals surface area contributed by atoms with E-state index in [0.29, 0.717) is 5.15 Å². The molecular weight excluding hydrogens is 246 g/mol. The number of pyridine rings is 1. The lowest BCUT2D eigenvalue weighted by atomic mass is 9.95. The first-order valence-electron chi connectivity index (χ1n) is 5.84. The maximum atomic E-state index is 6.20. The predicted octanol–water partition coefficient (Wildman–Crippen LogP) is 3.80. The van der Waals surface area contributed by atoms with Gasteiger partial charge in [0.25, 0.3) is 0 Å². The third-order valence-electron chi connectivity index (χ3n) is 2.69. The standard InChI is InChI=1S/C14H16ClN3/c1-9-11(10-6-5-7-16-8-10)17-13(14(2,3)4)18-12(9)15/h5-8H,1-4H3. The monoisotopic (exact) mass is 261 g/mol. The summed E-state index contributed by atoms with van der Waals surface area (Å²) >= 11 is 6.20. The lowest BCUT2D eigenvalue weighted by Gasteiger charge is -2.19. The molecule has 0 radical (unpaired) electrons. The summed E-state index contributed by atoms with van der Waals surface area (Å²) in [5.74, 6) is 0.747. The molecule has 0 aromatic carbocycles. The molecule has 2 heterocycles. The van der Waals surface area contributed by atoms with E-state index in [4.69, 9.17) is 11.6 Å². The summed E-state index contributed by atoms with van der Waals surface area (Å²) in [6, 6.07) is 3.87. The highest BCUT2D eigenvalue weighted by Crippen LogP contribution is 2.28. The summed E-state index contributed by atoms with van der Waals surface area (Å²) in [5, 5.41) is 0.508. The first kappa shape index (κ1) is 13.0. The summed E-state index contributed by atoms with van der Waals surface area (Å²) in [4.78, 5) is 13.1. The predicted molar refractivity (Wildman–Crippen MR) is 73.7 cm³/mol. The highest BCUT2D eigenvalue weighted by atomic mass is 35.5. The first-order chi connectivity index (χ1) is 8.39. The van der Waals surface area contributed by atoms with Crippen LogP contribution in [-0.4, -0.2) is 15.0 Å². The summed E-state index contributed by atoms with van der Waals surface area (Å²) in [5.41, 5.74) is 2.57. The van der Waals surface area contributed by atoms with E-state index in [1.807, 2.05) is 19.1 Å². The van der Waals surface area contributed by atoms with Gasteiger partial charge < -0.3 is 0 Å². The Hall–Kier alpha value is -1.48. The zero-order valence-corrected chi connectivity index (χ0v) is 11.8. The fraction of sp³-hybridized carbons (Fsp3) is 0.357. The molecule has 0 saturated heterocycles. The van der Waals surface area contributed by atoms with E-state index in [0.717, 1.165) is 22.6 Å². The van der Waals surface area contributed by atoms with E-state index in [9.17, 15) is 0 Å². The molecule has 2 rings (SSSR count). The smallest absolute Gasteiger partial charge is 0.136 e. The molecule has 18 heavy (non-hydrogen) atoms. The summed E-state index contributed by atoms with van der Waals surface area (Å²) in [6.07, 6.45) is 3.53. The normalized spacial score (nSPS) is 11.6. The number of hydrogen-bond acceptors (Lipinski definition) is 3. The molecule has 2 aromatic rings. The van der Waals surface area contributed by atoms with Gasteiger partial charge in [0.2, 0.25) is 0 Å². The minimum atomic E-state index is -0.131. The van der Waals surface area contributed by atoms with Gasteiger partial charge in [-0.2, -0.15) is 0 Å². The summed E-state index contributed by atoms with van der Waals surface area (Å²) in [7, 11) is 0. The minimum Gasteiger partial charge on any atom is -0.264 e. The number of nitrogens with zero attached hydrogens (tertiary/aromatic N) is 3. The van der Waals surface area contributed by atoms with Crippen LogP contribution in [0.2, 0.25) is 5.15 Å². The van der Waals surface area contributed by atoms with E-state index >= 15 is 0 Å². The quantitative estimate of drug-likeness (QED) is 0.733. The van der Waals surface area contributed by atoms with Crippen LogP contribution in [0.25, 0.3) is 11.3 Å². The van der Waals surface area contributed by atoms with Crippen molar-refractivity contribution in [1.29, 1.82) is 0 Å². The molecule has 3 nitrogen and oxygen atoms in total. The van der Waals surface area contributed by atoms with E-state index in [2.05, 4.69) is 35.7 Å². The van der Waals surface area contributed by atoms with Gasteiger partial charge in [-0.05, 0) is 19.1 Å². The molecule has 94 valence electrons. The molecule has 0 aliphatic heterocycles. The largest absolute Gasteiger partial charge is 0.264 e. The molecule has 0 spiro atoms. The summed E-state index contributed by atoms with van der Waals surface area (Å²) in [6.45, 7) is 8.14. The van der Waals surface area contributed by atoms with Crippen LogP contribution in [0.1, 0.15) is 32.2 Å². The Morgan fingerprint density at radius 2 is 1.89 bits per heavy atom. The molecule has 0 saturated carbocycles. The maximum absolute atomic E-state index is 6.20. The highest BCUT2D eigenvalue weighted by molar-refractivity contribution is 6.30. The Labute approximate surface area is 112 Å². The summed E-state index contributed by atoms with van der Waals surface area (Å²) < 4.78 is 0. The topological polar surface area (TPSA) is 38.7 Å². The van der Waals surface area contributed by atoms with Crippen molar-refractivity contribution in [3.05, 3.63) is 41.1 Å². The van der Waals surface area contributed by atoms with Crippen molar-refractivity contribution in [1.82, 2.24) is 15.0 Å². The van der Waals surface area contributed by atoms with Crippen molar-refractivity contribution in [2.24, 2.45) is 0 Å². The van der Waals surface area contributed by atoms with Crippen molar-refractivity contribution < 1.29 is 0 Å². The number of rotatable bonds is 1. The van der Waals surface area contributed by atoms with Gasteiger partial charge in [-0.15, -0.1) is 0 Å². The zero-order chi connectivity index (χ0) is 13.3. The second-order valence-corrected chi connectivity index (χ2v) is 5.66. The molecule has 0 amide bonds. The van der Waals surface area contributed by atoms with Gasteiger partial charge in [0, 0.05) is 28.9 Å². The number of halogens is 1. The Morgan fingerprint density at radius 1 is 1.17 bits per heavy atom. The van der Waals surface area contributed by atoms with Gasteiger partial charge in [0.05, 0.1) is 5.69 Å². The van der Waals surface area contributed by atoms with E-state index in [1.165, 1.54) is 0 Å². The van der Waals surface area contributed by atoms with Gasteiger partial charge >= 0.3 is 0 Å². The van der Waals surface area contributed by atoms with Gasteiger partial charge in [-0.3, -0.25) is 4.98 Å². The fourth-order valence-electron chi connectivity index (χ4n) is 1.61.